The molecule has 2 rings (SSSR count). The Kier molecular flexibility index (Phi) is 4.50. The summed E-state index contributed by atoms with van der Waals surface area (Å²) in [7, 11) is 0. The molecule has 19 heavy (non-hydrogen) atoms. The van der Waals surface area contributed by atoms with Gasteiger partial charge in [-0.1, -0.05) is 13.0 Å². The maximum Gasteiger partial charge on any atom is 0.200 e. The summed E-state index contributed by atoms with van der Waals surface area (Å²) in [6.45, 7) is 1.93. The Hall–Kier alpha value is -1.46. The second kappa shape index (κ2) is 6.12. The lowest BCUT2D eigenvalue weighted by molar-refractivity contribution is 0.162. The molecule has 2 unspecified atom stereocenters. The van der Waals surface area contributed by atoms with Crippen LogP contribution < -0.4 is 10.5 Å². The summed E-state index contributed by atoms with van der Waals surface area (Å²) in [5.74, 6) is -2.02. The van der Waals surface area contributed by atoms with E-state index in [0.29, 0.717) is 6.42 Å². The molecule has 0 spiro atoms. The van der Waals surface area contributed by atoms with Crippen molar-refractivity contribution in [3.05, 3.63) is 52.2 Å². The van der Waals surface area contributed by atoms with Crippen LogP contribution in [0.15, 0.2) is 35.0 Å². The van der Waals surface area contributed by atoms with E-state index in [1.165, 1.54) is 23.5 Å². The fraction of sp³-hybridized carbons (Fsp3) is 0.286. The predicted octanol–water partition coefficient (Wildman–Crippen LogP) is 3.88. The normalized spacial score (nSPS) is 14.1. The Labute approximate surface area is 114 Å². The van der Waals surface area contributed by atoms with E-state index >= 15 is 0 Å². The first-order valence-corrected chi connectivity index (χ1v) is 6.96. The van der Waals surface area contributed by atoms with Gasteiger partial charge in [-0.05, 0) is 35.4 Å². The zero-order valence-corrected chi connectivity index (χ0v) is 11.3. The van der Waals surface area contributed by atoms with Gasteiger partial charge < -0.3 is 10.5 Å². The standard InChI is InChI=1S/C14H15F2NOS/c1-2-11(17)14(9-6-7-19-8-9)18-12-5-3-4-10(15)13(12)16/h3-8,11,14H,2,17H2,1H3. The zero-order chi connectivity index (χ0) is 13.8. The SMILES string of the molecule is CCC(N)C(Oc1cccc(F)c1F)c1ccsc1. The molecule has 2 atom stereocenters. The minimum atomic E-state index is -0.981. The largest absolute Gasteiger partial charge is 0.481 e. The first-order chi connectivity index (χ1) is 9.13. The van der Waals surface area contributed by atoms with Crippen LogP contribution in [0, 0.1) is 11.6 Å². The van der Waals surface area contributed by atoms with Crippen LogP contribution in [0.3, 0.4) is 0 Å². The highest BCUT2D eigenvalue weighted by atomic mass is 32.1. The number of rotatable bonds is 5. The van der Waals surface area contributed by atoms with Crippen molar-refractivity contribution in [2.75, 3.05) is 0 Å². The summed E-state index contributed by atoms with van der Waals surface area (Å²) in [5, 5.41) is 3.80. The van der Waals surface area contributed by atoms with E-state index in [0.717, 1.165) is 11.6 Å². The highest BCUT2D eigenvalue weighted by molar-refractivity contribution is 7.07. The Morgan fingerprint density at radius 2 is 2.11 bits per heavy atom. The molecular weight excluding hydrogens is 268 g/mol. The first kappa shape index (κ1) is 14.0. The Morgan fingerprint density at radius 1 is 1.32 bits per heavy atom. The summed E-state index contributed by atoms with van der Waals surface area (Å²) >= 11 is 1.51. The van der Waals surface area contributed by atoms with Crippen molar-refractivity contribution in [3.8, 4) is 5.75 Å². The average molecular weight is 283 g/mol. The van der Waals surface area contributed by atoms with Crippen molar-refractivity contribution in [1.29, 1.82) is 0 Å². The van der Waals surface area contributed by atoms with Gasteiger partial charge in [-0.15, -0.1) is 0 Å². The third kappa shape index (κ3) is 3.11. The van der Waals surface area contributed by atoms with Gasteiger partial charge in [0, 0.05) is 11.6 Å². The number of hydrogen-bond acceptors (Lipinski definition) is 3. The lowest BCUT2D eigenvalue weighted by Crippen LogP contribution is -2.31. The lowest BCUT2D eigenvalue weighted by Gasteiger charge is -2.24. The van der Waals surface area contributed by atoms with Gasteiger partial charge in [0.25, 0.3) is 0 Å². The van der Waals surface area contributed by atoms with Crippen LogP contribution >= 0.6 is 11.3 Å². The molecule has 2 nitrogen and oxygen atoms in total. The minimum absolute atomic E-state index is 0.111. The minimum Gasteiger partial charge on any atom is -0.481 e. The van der Waals surface area contributed by atoms with Crippen molar-refractivity contribution in [2.45, 2.75) is 25.5 Å². The second-order valence-corrected chi connectivity index (χ2v) is 5.00. The smallest absolute Gasteiger partial charge is 0.200 e. The van der Waals surface area contributed by atoms with Gasteiger partial charge in [0.1, 0.15) is 6.10 Å². The Morgan fingerprint density at radius 3 is 2.74 bits per heavy atom. The highest BCUT2D eigenvalue weighted by Crippen LogP contribution is 2.29. The van der Waals surface area contributed by atoms with Crippen molar-refractivity contribution in [2.24, 2.45) is 5.73 Å². The monoisotopic (exact) mass is 283 g/mol. The van der Waals surface area contributed by atoms with Crippen LogP contribution in [0.1, 0.15) is 25.0 Å². The second-order valence-electron chi connectivity index (χ2n) is 4.22. The molecule has 0 aliphatic carbocycles. The van der Waals surface area contributed by atoms with Gasteiger partial charge in [-0.3, -0.25) is 0 Å². The number of nitrogens with two attached hydrogens (primary N) is 1. The Bertz CT molecular complexity index is 530. The molecule has 0 aliphatic rings. The van der Waals surface area contributed by atoms with Crippen LogP contribution in [0.2, 0.25) is 0 Å². The third-order valence-corrected chi connectivity index (χ3v) is 3.60. The Balaban J connectivity index is 2.28. The summed E-state index contributed by atoms with van der Waals surface area (Å²) < 4.78 is 32.4. The molecule has 2 N–H and O–H groups in total. The van der Waals surface area contributed by atoms with E-state index in [9.17, 15) is 8.78 Å². The van der Waals surface area contributed by atoms with Crippen LogP contribution in [-0.4, -0.2) is 6.04 Å². The van der Waals surface area contributed by atoms with E-state index in [2.05, 4.69) is 0 Å². The highest BCUT2D eigenvalue weighted by Gasteiger charge is 2.23. The van der Waals surface area contributed by atoms with Crippen molar-refractivity contribution >= 4 is 11.3 Å². The topological polar surface area (TPSA) is 35.2 Å². The van der Waals surface area contributed by atoms with Crippen molar-refractivity contribution < 1.29 is 13.5 Å². The quantitative estimate of drug-likeness (QED) is 0.903. The molecule has 0 saturated carbocycles. The molecule has 0 fully saturated rings. The molecule has 0 saturated heterocycles. The molecule has 1 aromatic carbocycles. The van der Waals surface area contributed by atoms with Crippen molar-refractivity contribution in [1.82, 2.24) is 0 Å². The van der Waals surface area contributed by atoms with Gasteiger partial charge in [0.15, 0.2) is 11.6 Å². The molecule has 0 amide bonds. The number of ether oxygens (including phenoxy) is 1. The molecule has 102 valence electrons. The van der Waals surface area contributed by atoms with E-state index in [1.807, 2.05) is 23.8 Å². The maximum atomic E-state index is 13.6. The van der Waals surface area contributed by atoms with Gasteiger partial charge in [0.2, 0.25) is 5.82 Å². The third-order valence-electron chi connectivity index (χ3n) is 2.90. The maximum absolute atomic E-state index is 13.6. The van der Waals surface area contributed by atoms with E-state index in [1.54, 1.807) is 0 Å². The van der Waals surface area contributed by atoms with Crippen LogP contribution in [0.4, 0.5) is 8.78 Å². The average Bonchev–Trinajstić information content (AvgIpc) is 2.93. The van der Waals surface area contributed by atoms with E-state index < -0.39 is 17.7 Å². The number of hydrogen-bond donors (Lipinski definition) is 1. The molecule has 0 bridgehead atoms. The fourth-order valence-electron chi connectivity index (χ4n) is 1.77. The van der Waals surface area contributed by atoms with Crippen LogP contribution in [0.5, 0.6) is 5.75 Å². The number of thiophene rings is 1. The summed E-state index contributed by atoms with van der Waals surface area (Å²) in [4.78, 5) is 0. The van der Waals surface area contributed by atoms with Gasteiger partial charge in [-0.25, -0.2) is 4.39 Å². The molecule has 5 heteroatoms. The first-order valence-electron chi connectivity index (χ1n) is 6.01. The van der Waals surface area contributed by atoms with Crippen LogP contribution in [0.25, 0.3) is 0 Å². The van der Waals surface area contributed by atoms with Gasteiger partial charge in [-0.2, -0.15) is 15.7 Å². The molecule has 0 aliphatic heterocycles. The van der Waals surface area contributed by atoms with Crippen molar-refractivity contribution in [3.63, 3.8) is 0 Å². The van der Waals surface area contributed by atoms with E-state index in [-0.39, 0.29) is 11.8 Å². The molecule has 1 aromatic heterocycles. The molecule has 0 radical (unpaired) electrons. The summed E-state index contributed by atoms with van der Waals surface area (Å²) in [6, 6.07) is 5.47. The van der Waals surface area contributed by atoms with Gasteiger partial charge in [0.05, 0.1) is 0 Å². The molecule has 2 aromatic rings. The fourth-order valence-corrected chi connectivity index (χ4v) is 2.45. The predicted molar refractivity (Wildman–Crippen MR) is 72.3 cm³/mol. The number of benzene rings is 1. The van der Waals surface area contributed by atoms with Crippen LogP contribution in [-0.2, 0) is 0 Å². The van der Waals surface area contributed by atoms with Gasteiger partial charge >= 0.3 is 0 Å². The zero-order valence-electron chi connectivity index (χ0n) is 10.5. The number of halogens is 2. The molecule has 1 heterocycles. The lowest BCUT2D eigenvalue weighted by atomic mass is 10.0. The van der Waals surface area contributed by atoms with E-state index in [4.69, 9.17) is 10.5 Å². The summed E-state index contributed by atoms with van der Waals surface area (Å²) in [6.07, 6.45) is 0.199. The summed E-state index contributed by atoms with van der Waals surface area (Å²) in [5.41, 5.74) is 6.89. The molecular formula is C14H15F2NOS.